The first-order valence-electron chi connectivity index (χ1n) is 16.7. The van der Waals surface area contributed by atoms with Crippen LogP contribution in [0.2, 0.25) is 0 Å². The van der Waals surface area contributed by atoms with Crippen molar-refractivity contribution in [2.45, 2.75) is 0 Å². The van der Waals surface area contributed by atoms with E-state index in [2.05, 4.69) is 156 Å². The molecule has 4 nitrogen and oxygen atoms in total. The number of thiophene rings is 1. The fourth-order valence-electron chi connectivity index (χ4n) is 7.11. The molecule has 0 atom stereocenters. The molecule has 0 aliphatic heterocycles. The first kappa shape index (κ1) is 28.6. The summed E-state index contributed by atoms with van der Waals surface area (Å²) >= 11 is 1.79. The van der Waals surface area contributed by atoms with Gasteiger partial charge in [-0.15, -0.1) is 11.3 Å². The van der Waals surface area contributed by atoms with E-state index in [1.54, 1.807) is 11.3 Å². The second-order valence-corrected chi connectivity index (χ2v) is 13.5. The molecule has 0 aliphatic carbocycles. The Morgan fingerprint density at radius 1 is 0.380 bits per heavy atom. The first-order valence-corrected chi connectivity index (χ1v) is 17.5. The van der Waals surface area contributed by atoms with Gasteiger partial charge in [0.25, 0.3) is 0 Å². The summed E-state index contributed by atoms with van der Waals surface area (Å²) in [5.74, 6) is 1.98. The quantitative estimate of drug-likeness (QED) is 0.185. The largest absolute Gasteiger partial charge is 0.309 e. The maximum absolute atomic E-state index is 5.14. The van der Waals surface area contributed by atoms with Gasteiger partial charge >= 0.3 is 0 Å². The average molecular weight is 657 g/mol. The van der Waals surface area contributed by atoms with Crippen molar-refractivity contribution in [1.29, 1.82) is 0 Å². The van der Waals surface area contributed by atoms with Crippen molar-refractivity contribution in [3.63, 3.8) is 0 Å². The predicted octanol–water partition coefficient (Wildman–Crippen LogP) is 12.0. The lowest BCUT2D eigenvalue weighted by Gasteiger charge is -2.11. The van der Waals surface area contributed by atoms with Gasteiger partial charge < -0.3 is 4.57 Å². The highest BCUT2D eigenvalue weighted by molar-refractivity contribution is 7.26. The van der Waals surface area contributed by atoms with Crippen molar-refractivity contribution in [2.75, 3.05) is 0 Å². The van der Waals surface area contributed by atoms with E-state index in [1.807, 2.05) is 18.2 Å². The van der Waals surface area contributed by atoms with Gasteiger partial charge in [-0.2, -0.15) is 0 Å². The molecule has 0 saturated heterocycles. The molecule has 0 N–H and O–H groups in total. The van der Waals surface area contributed by atoms with E-state index >= 15 is 0 Å². The van der Waals surface area contributed by atoms with Crippen LogP contribution < -0.4 is 0 Å². The van der Waals surface area contributed by atoms with E-state index in [1.165, 1.54) is 42.0 Å². The molecular formula is C45H28N4S. The standard InChI is InChI=1S/C45H28N4S/c1-2-12-30(13-3-1)43-46-44(48-45(47-43)38-20-11-19-37-36-18-6-9-23-41(36)50-42(37)38)32-15-10-14-31(28-32)29-24-26-33(27-25-29)49-39-21-7-4-16-34(39)35-17-5-8-22-40(35)49/h1-28H. The summed E-state index contributed by atoms with van der Waals surface area (Å²) in [6.45, 7) is 0. The van der Waals surface area contributed by atoms with Gasteiger partial charge in [0.15, 0.2) is 17.5 Å². The lowest BCUT2D eigenvalue weighted by Crippen LogP contribution is -2.00. The molecule has 50 heavy (non-hydrogen) atoms. The summed E-state index contributed by atoms with van der Waals surface area (Å²) in [5, 5.41) is 4.99. The van der Waals surface area contributed by atoms with Gasteiger partial charge in [-0.1, -0.05) is 127 Å². The zero-order chi connectivity index (χ0) is 33.0. The summed E-state index contributed by atoms with van der Waals surface area (Å²) in [7, 11) is 0. The Morgan fingerprint density at radius 3 is 1.70 bits per heavy atom. The third kappa shape index (κ3) is 4.71. The summed E-state index contributed by atoms with van der Waals surface area (Å²) in [4.78, 5) is 15.2. The van der Waals surface area contributed by atoms with E-state index in [0.717, 1.165) is 33.5 Å². The summed E-state index contributed by atoms with van der Waals surface area (Å²) in [6, 6.07) is 59.7. The second kappa shape index (κ2) is 11.6. The van der Waals surface area contributed by atoms with Crippen molar-refractivity contribution in [2.24, 2.45) is 0 Å². The topological polar surface area (TPSA) is 43.6 Å². The fraction of sp³-hybridized carbons (Fsp3) is 0. The Kier molecular flexibility index (Phi) is 6.64. The molecule has 234 valence electrons. The van der Waals surface area contributed by atoms with Gasteiger partial charge in [-0.25, -0.2) is 15.0 Å². The fourth-order valence-corrected chi connectivity index (χ4v) is 8.32. The van der Waals surface area contributed by atoms with Gasteiger partial charge in [0.2, 0.25) is 0 Å². The molecule has 0 spiro atoms. The molecule has 0 aliphatic rings. The zero-order valence-electron chi connectivity index (χ0n) is 26.9. The van der Waals surface area contributed by atoms with Crippen LogP contribution >= 0.6 is 11.3 Å². The molecule has 0 radical (unpaired) electrons. The minimum atomic E-state index is 0.649. The number of para-hydroxylation sites is 2. The van der Waals surface area contributed by atoms with Crippen LogP contribution in [0.3, 0.4) is 0 Å². The van der Waals surface area contributed by atoms with Crippen LogP contribution in [0.1, 0.15) is 0 Å². The normalized spacial score (nSPS) is 11.6. The first-order chi connectivity index (χ1) is 24.8. The maximum Gasteiger partial charge on any atom is 0.165 e. The number of hydrogen-bond donors (Lipinski definition) is 0. The Balaban J connectivity index is 1.08. The van der Waals surface area contributed by atoms with Crippen LogP contribution in [0.4, 0.5) is 0 Å². The minimum Gasteiger partial charge on any atom is -0.309 e. The van der Waals surface area contributed by atoms with Crippen LogP contribution in [-0.4, -0.2) is 19.5 Å². The van der Waals surface area contributed by atoms with Crippen molar-refractivity contribution in [1.82, 2.24) is 19.5 Å². The lowest BCUT2D eigenvalue weighted by atomic mass is 10.0. The van der Waals surface area contributed by atoms with Crippen LogP contribution in [0.5, 0.6) is 0 Å². The highest BCUT2D eigenvalue weighted by Crippen LogP contribution is 2.40. The smallest absolute Gasteiger partial charge is 0.165 e. The van der Waals surface area contributed by atoms with Crippen molar-refractivity contribution in [3.8, 4) is 51.0 Å². The van der Waals surface area contributed by atoms with Crippen LogP contribution in [0, 0.1) is 0 Å². The van der Waals surface area contributed by atoms with E-state index in [0.29, 0.717) is 17.5 Å². The number of fused-ring (bicyclic) bond motifs is 6. The molecular weight excluding hydrogens is 629 g/mol. The van der Waals surface area contributed by atoms with Crippen molar-refractivity contribution < 1.29 is 0 Å². The number of rotatable bonds is 5. The van der Waals surface area contributed by atoms with Crippen LogP contribution in [0.25, 0.3) is 93.0 Å². The van der Waals surface area contributed by atoms with Gasteiger partial charge in [0.1, 0.15) is 0 Å². The maximum atomic E-state index is 5.14. The number of benzene rings is 7. The van der Waals surface area contributed by atoms with Gasteiger partial charge in [0.05, 0.1) is 11.0 Å². The second-order valence-electron chi connectivity index (χ2n) is 12.5. The molecule has 0 amide bonds. The molecule has 0 fully saturated rings. The average Bonchev–Trinajstić information content (AvgIpc) is 3.74. The Labute approximate surface area is 292 Å². The van der Waals surface area contributed by atoms with Gasteiger partial charge in [-0.3, -0.25) is 0 Å². The molecule has 0 bridgehead atoms. The number of nitrogens with zero attached hydrogens (tertiary/aromatic N) is 4. The van der Waals surface area contributed by atoms with Crippen molar-refractivity contribution >= 4 is 53.3 Å². The minimum absolute atomic E-state index is 0.649. The third-order valence-corrected chi connectivity index (χ3v) is 10.7. The molecule has 5 heteroatoms. The Hall–Kier alpha value is -6.43. The highest BCUT2D eigenvalue weighted by Gasteiger charge is 2.17. The monoisotopic (exact) mass is 656 g/mol. The summed E-state index contributed by atoms with van der Waals surface area (Å²) < 4.78 is 4.78. The Bertz CT molecular complexity index is 2810. The van der Waals surface area contributed by atoms with Crippen LogP contribution in [-0.2, 0) is 0 Å². The number of aromatic nitrogens is 4. The number of hydrogen-bond acceptors (Lipinski definition) is 4. The molecule has 7 aromatic carbocycles. The molecule has 3 heterocycles. The summed E-state index contributed by atoms with van der Waals surface area (Å²) in [5.41, 5.74) is 8.68. The molecule has 10 aromatic rings. The van der Waals surface area contributed by atoms with Gasteiger partial charge in [-0.05, 0) is 53.6 Å². The molecule has 3 aromatic heterocycles. The molecule has 0 unspecified atom stereocenters. The van der Waals surface area contributed by atoms with Crippen LogP contribution in [0.15, 0.2) is 170 Å². The predicted molar refractivity (Wildman–Crippen MR) is 209 cm³/mol. The third-order valence-electron chi connectivity index (χ3n) is 9.47. The van der Waals surface area contributed by atoms with E-state index < -0.39 is 0 Å². The molecule has 0 saturated carbocycles. The van der Waals surface area contributed by atoms with Gasteiger partial charge in [0, 0.05) is 53.3 Å². The lowest BCUT2D eigenvalue weighted by molar-refractivity contribution is 1.08. The molecule has 10 rings (SSSR count). The van der Waals surface area contributed by atoms with E-state index in [9.17, 15) is 0 Å². The van der Waals surface area contributed by atoms with E-state index in [-0.39, 0.29) is 0 Å². The zero-order valence-corrected chi connectivity index (χ0v) is 27.7. The summed E-state index contributed by atoms with van der Waals surface area (Å²) in [6.07, 6.45) is 0. The highest BCUT2D eigenvalue weighted by atomic mass is 32.1. The Morgan fingerprint density at radius 2 is 0.940 bits per heavy atom. The SMILES string of the molecule is c1ccc(-c2nc(-c3cccc(-c4ccc(-n5c6ccccc6c6ccccc65)cc4)c3)nc(-c3cccc4c3sc3ccccc34)n2)cc1. The van der Waals surface area contributed by atoms with Crippen molar-refractivity contribution in [3.05, 3.63) is 170 Å². The van der Waals surface area contributed by atoms with E-state index in [4.69, 9.17) is 15.0 Å².